The second kappa shape index (κ2) is 6.61. The Morgan fingerprint density at radius 3 is 2.38 bits per heavy atom. The molecule has 0 heterocycles. The van der Waals surface area contributed by atoms with Crippen molar-refractivity contribution in [3.63, 3.8) is 0 Å². The maximum Gasteiger partial charge on any atom is 0.328 e. The van der Waals surface area contributed by atoms with Crippen LogP contribution in [0.1, 0.15) is 5.56 Å². The van der Waals surface area contributed by atoms with Crippen LogP contribution >= 0.6 is 0 Å². The number of carbonyl (C=O) groups is 1. The van der Waals surface area contributed by atoms with Crippen LogP contribution in [-0.2, 0) is 4.79 Å². The zero-order chi connectivity index (χ0) is 15.2. The first-order valence-electron chi connectivity index (χ1n) is 6.38. The Morgan fingerprint density at radius 2 is 1.81 bits per heavy atom. The van der Waals surface area contributed by atoms with Gasteiger partial charge in [-0.2, -0.15) is 0 Å². The van der Waals surface area contributed by atoms with Gasteiger partial charge in [0.2, 0.25) is 0 Å². The Labute approximate surface area is 123 Å². The summed E-state index contributed by atoms with van der Waals surface area (Å²) >= 11 is 0. The highest BCUT2D eigenvalue weighted by molar-refractivity contribution is 5.86. The number of benzene rings is 2. The van der Waals surface area contributed by atoms with E-state index in [9.17, 15) is 4.79 Å². The predicted octanol–water partition coefficient (Wildman–Crippen LogP) is 3.47. The van der Waals surface area contributed by atoms with Crippen LogP contribution in [0.3, 0.4) is 0 Å². The minimum absolute atomic E-state index is 0.559. The van der Waals surface area contributed by atoms with Crippen molar-refractivity contribution in [2.24, 2.45) is 0 Å². The SMILES string of the molecule is COc1cc(C=CC(=O)O)cc(-c2ccccc2)c1OC. The van der Waals surface area contributed by atoms with Gasteiger partial charge in [-0.25, -0.2) is 4.79 Å². The minimum Gasteiger partial charge on any atom is -0.493 e. The fourth-order valence-corrected chi connectivity index (χ4v) is 2.08. The molecule has 4 heteroatoms. The van der Waals surface area contributed by atoms with Gasteiger partial charge in [-0.3, -0.25) is 0 Å². The Balaban J connectivity index is 2.60. The van der Waals surface area contributed by atoms with Crippen LogP contribution in [0.2, 0.25) is 0 Å². The first-order valence-corrected chi connectivity index (χ1v) is 6.38. The summed E-state index contributed by atoms with van der Waals surface area (Å²) in [5.74, 6) is 0.186. The Kier molecular flexibility index (Phi) is 4.61. The normalized spacial score (nSPS) is 10.6. The smallest absolute Gasteiger partial charge is 0.328 e. The first kappa shape index (κ1) is 14.7. The molecule has 0 spiro atoms. The van der Waals surface area contributed by atoms with E-state index in [-0.39, 0.29) is 0 Å². The number of ether oxygens (including phenoxy) is 2. The summed E-state index contributed by atoms with van der Waals surface area (Å²) < 4.78 is 10.8. The molecule has 1 N–H and O–H groups in total. The second-order valence-corrected chi connectivity index (χ2v) is 4.34. The average molecular weight is 284 g/mol. The summed E-state index contributed by atoms with van der Waals surface area (Å²) in [5, 5.41) is 8.75. The van der Waals surface area contributed by atoms with Crippen LogP contribution in [0.25, 0.3) is 17.2 Å². The van der Waals surface area contributed by atoms with Gasteiger partial charge in [0.15, 0.2) is 11.5 Å². The van der Waals surface area contributed by atoms with E-state index in [2.05, 4.69) is 0 Å². The molecule has 0 saturated heterocycles. The highest BCUT2D eigenvalue weighted by Crippen LogP contribution is 2.39. The van der Waals surface area contributed by atoms with Crippen molar-refractivity contribution in [2.75, 3.05) is 14.2 Å². The fourth-order valence-electron chi connectivity index (χ4n) is 2.08. The molecule has 0 radical (unpaired) electrons. The lowest BCUT2D eigenvalue weighted by atomic mass is 10.0. The van der Waals surface area contributed by atoms with Gasteiger partial charge in [-0.1, -0.05) is 30.3 Å². The van der Waals surface area contributed by atoms with Crippen molar-refractivity contribution < 1.29 is 19.4 Å². The molecule has 0 fully saturated rings. The molecular formula is C17H16O4. The zero-order valence-corrected chi connectivity index (χ0v) is 11.9. The highest BCUT2D eigenvalue weighted by atomic mass is 16.5. The van der Waals surface area contributed by atoms with Crippen LogP contribution in [0.5, 0.6) is 11.5 Å². The molecule has 21 heavy (non-hydrogen) atoms. The van der Waals surface area contributed by atoms with E-state index in [1.807, 2.05) is 36.4 Å². The van der Waals surface area contributed by atoms with E-state index in [1.54, 1.807) is 20.3 Å². The highest BCUT2D eigenvalue weighted by Gasteiger charge is 2.13. The molecule has 2 aromatic carbocycles. The van der Waals surface area contributed by atoms with Gasteiger partial charge in [-0.05, 0) is 29.3 Å². The summed E-state index contributed by atoms with van der Waals surface area (Å²) in [4.78, 5) is 10.7. The summed E-state index contributed by atoms with van der Waals surface area (Å²) in [6.07, 6.45) is 2.62. The third-order valence-electron chi connectivity index (χ3n) is 3.00. The van der Waals surface area contributed by atoms with Crippen LogP contribution < -0.4 is 9.47 Å². The van der Waals surface area contributed by atoms with Gasteiger partial charge in [0.05, 0.1) is 14.2 Å². The quantitative estimate of drug-likeness (QED) is 0.854. The van der Waals surface area contributed by atoms with Crippen LogP contribution in [0.15, 0.2) is 48.5 Å². The maximum absolute atomic E-state index is 10.7. The van der Waals surface area contributed by atoms with Gasteiger partial charge in [0.1, 0.15) is 0 Å². The van der Waals surface area contributed by atoms with Crippen LogP contribution in [0, 0.1) is 0 Å². The first-order chi connectivity index (χ1) is 10.2. The second-order valence-electron chi connectivity index (χ2n) is 4.34. The van der Waals surface area contributed by atoms with E-state index in [1.165, 1.54) is 6.08 Å². The van der Waals surface area contributed by atoms with Gasteiger partial charge in [0.25, 0.3) is 0 Å². The van der Waals surface area contributed by atoms with Crippen molar-refractivity contribution in [3.8, 4) is 22.6 Å². The van der Waals surface area contributed by atoms with Crippen LogP contribution in [0.4, 0.5) is 0 Å². The molecule has 0 aliphatic carbocycles. The average Bonchev–Trinajstić information content (AvgIpc) is 2.52. The lowest BCUT2D eigenvalue weighted by Crippen LogP contribution is -1.95. The Morgan fingerprint density at radius 1 is 1.10 bits per heavy atom. The largest absolute Gasteiger partial charge is 0.493 e. The number of carboxylic acids is 1. The molecule has 108 valence electrons. The minimum atomic E-state index is -0.994. The molecule has 2 rings (SSSR count). The van der Waals surface area contributed by atoms with Gasteiger partial charge >= 0.3 is 5.97 Å². The lowest BCUT2D eigenvalue weighted by molar-refractivity contribution is -0.131. The molecule has 0 atom stereocenters. The standard InChI is InChI=1S/C17H16O4/c1-20-15-11-12(8-9-16(18)19)10-14(17(15)21-2)13-6-4-3-5-7-13/h3-11H,1-2H3,(H,18,19). The van der Waals surface area contributed by atoms with Crippen molar-refractivity contribution in [1.29, 1.82) is 0 Å². The number of methoxy groups -OCH3 is 2. The Hall–Kier alpha value is -2.75. The molecule has 0 bridgehead atoms. The van der Waals surface area contributed by atoms with Crippen molar-refractivity contribution in [2.45, 2.75) is 0 Å². The van der Waals surface area contributed by atoms with E-state index in [0.29, 0.717) is 11.5 Å². The van der Waals surface area contributed by atoms with E-state index < -0.39 is 5.97 Å². The third kappa shape index (κ3) is 3.42. The van der Waals surface area contributed by atoms with E-state index >= 15 is 0 Å². The van der Waals surface area contributed by atoms with E-state index in [4.69, 9.17) is 14.6 Å². The molecule has 0 saturated carbocycles. The van der Waals surface area contributed by atoms with Crippen molar-refractivity contribution >= 4 is 12.0 Å². The number of aliphatic carboxylic acids is 1. The number of rotatable bonds is 5. The summed E-state index contributed by atoms with van der Waals surface area (Å²) in [6, 6.07) is 13.3. The molecule has 2 aromatic rings. The molecule has 0 aromatic heterocycles. The molecule has 4 nitrogen and oxygen atoms in total. The third-order valence-corrected chi connectivity index (χ3v) is 3.00. The van der Waals surface area contributed by atoms with Gasteiger partial charge in [0, 0.05) is 11.6 Å². The summed E-state index contributed by atoms with van der Waals surface area (Å²) in [7, 11) is 3.13. The molecule has 0 aliphatic rings. The van der Waals surface area contributed by atoms with Crippen molar-refractivity contribution in [1.82, 2.24) is 0 Å². The Bertz CT molecular complexity index is 660. The van der Waals surface area contributed by atoms with E-state index in [0.717, 1.165) is 22.8 Å². The zero-order valence-electron chi connectivity index (χ0n) is 11.9. The monoisotopic (exact) mass is 284 g/mol. The molecule has 0 aliphatic heterocycles. The molecule has 0 unspecified atom stereocenters. The lowest BCUT2D eigenvalue weighted by Gasteiger charge is -2.14. The summed E-state index contributed by atoms with van der Waals surface area (Å²) in [5.41, 5.74) is 2.55. The topological polar surface area (TPSA) is 55.8 Å². The number of hydrogen-bond acceptors (Lipinski definition) is 3. The fraction of sp³-hybridized carbons (Fsp3) is 0.118. The maximum atomic E-state index is 10.7. The van der Waals surface area contributed by atoms with Crippen LogP contribution in [-0.4, -0.2) is 25.3 Å². The predicted molar refractivity (Wildman–Crippen MR) is 81.7 cm³/mol. The van der Waals surface area contributed by atoms with Crippen molar-refractivity contribution in [3.05, 3.63) is 54.1 Å². The molecule has 0 amide bonds. The summed E-state index contributed by atoms with van der Waals surface area (Å²) in [6.45, 7) is 0. The van der Waals surface area contributed by atoms with Gasteiger partial charge in [-0.15, -0.1) is 0 Å². The van der Waals surface area contributed by atoms with Gasteiger partial charge < -0.3 is 14.6 Å². The molecular weight excluding hydrogens is 268 g/mol. The number of hydrogen-bond donors (Lipinski definition) is 1. The number of carboxylic acid groups (broad SMARTS) is 1.